The first kappa shape index (κ1) is 13.8. The van der Waals surface area contributed by atoms with Crippen molar-refractivity contribution >= 4 is 5.97 Å². The zero-order valence-corrected chi connectivity index (χ0v) is 11.9. The molecule has 0 spiro atoms. The van der Waals surface area contributed by atoms with Crippen LogP contribution in [0.3, 0.4) is 0 Å². The van der Waals surface area contributed by atoms with E-state index in [1.54, 1.807) is 0 Å². The Labute approximate surface area is 110 Å². The van der Waals surface area contributed by atoms with E-state index < -0.39 is 5.54 Å². The topological polar surface area (TPSA) is 41.6 Å². The molecule has 3 atom stereocenters. The number of ether oxygens (including phenoxy) is 1. The second kappa shape index (κ2) is 5.57. The lowest BCUT2D eigenvalue weighted by Gasteiger charge is -2.26. The van der Waals surface area contributed by atoms with E-state index in [1.807, 2.05) is 6.92 Å². The summed E-state index contributed by atoms with van der Waals surface area (Å²) in [6.45, 7) is 7.54. The van der Waals surface area contributed by atoms with E-state index in [4.69, 9.17) is 4.74 Å². The summed E-state index contributed by atoms with van der Waals surface area (Å²) in [6, 6.07) is 0.724. The maximum atomic E-state index is 11.7. The predicted molar refractivity (Wildman–Crippen MR) is 71.4 cm³/mol. The van der Waals surface area contributed by atoms with E-state index >= 15 is 0 Å². The minimum atomic E-state index is -0.463. The van der Waals surface area contributed by atoms with E-state index in [9.17, 15) is 4.79 Å². The van der Waals surface area contributed by atoms with Crippen LogP contribution < -0.4 is 5.32 Å². The molecule has 1 N–H and O–H groups in total. The van der Waals surface area contributed by atoms with Gasteiger partial charge in [0.05, 0.1) is 7.11 Å². The maximum absolute atomic E-state index is 11.7. The number of nitrogens with zero attached hydrogens (tertiary/aromatic N) is 1. The highest BCUT2D eigenvalue weighted by molar-refractivity contribution is 5.80. The third-order valence-electron chi connectivity index (χ3n) is 4.62. The Morgan fingerprint density at radius 2 is 2.33 bits per heavy atom. The van der Waals surface area contributed by atoms with Gasteiger partial charge in [-0.3, -0.25) is 4.79 Å². The molecule has 0 bridgehead atoms. The molecule has 2 fully saturated rings. The van der Waals surface area contributed by atoms with Gasteiger partial charge in [0.25, 0.3) is 0 Å². The zero-order valence-electron chi connectivity index (χ0n) is 11.9. The second-order valence-electron chi connectivity index (χ2n) is 5.94. The van der Waals surface area contributed by atoms with Crippen LogP contribution in [-0.2, 0) is 9.53 Å². The molecule has 2 rings (SSSR count). The van der Waals surface area contributed by atoms with Crippen LogP contribution in [0.25, 0.3) is 0 Å². The maximum Gasteiger partial charge on any atom is 0.325 e. The van der Waals surface area contributed by atoms with Gasteiger partial charge >= 0.3 is 5.97 Å². The smallest absolute Gasteiger partial charge is 0.325 e. The van der Waals surface area contributed by atoms with Gasteiger partial charge in [0, 0.05) is 6.04 Å². The molecule has 2 heterocycles. The van der Waals surface area contributed by atoms with E-state index in [2.05, 4.69) is 17.1 Å². The quantitative estimate of drug-likeness (QED) is 0.770. The number of methoxy groups -OCH3 is 1. The number of carbonyl (C=O) groups excluding carboxylic acids is 1. The first-order chi connectivity index (χ1) is 8.59. The summed E-state index contributed by atoms with van der Waals surface area (Å²) < 4.78 is 4.89. The molecule has 0 aliphatic carbocycles. The Morgan fingerprint density at radius 1 is 1.56 bits per heavy atom. The highest BCUT2D eigenvalue weighted by Crippen LogP contribution is 2.32. The second-order valence-corrected chi connectivity index (χ2v) is 5.94. The van der Waals surface area contributed by atoms with Gasteiger partial charge in [0.1, 0.15) is 5.54 Å². The van der Waals surface area contributed by atoms with Gasteiger partial charge in [-0.1, -0.05) is 6.92 Å². The van der Waals surface area contributed by atoms with Crippen molar-refractivity contribution in [2.75, 3.05) is 26.7 Å². The molecule has 0 aromatic carbocycles. The van der Waals surface area contributed by atoms with Crippen molar-refractivity contribution in [1.82, 2.24) is 10.2 Å². The van der Waals surface area contributed by atoms with Crippen molar-refractivity contribution in [1.29, 1.82) is 0 Å². The molecule has 0 aromatic heterocycles. The normalized spacial score (nSPS) is 37.1. The first-order valence-electron chi connectivity index (χ1n) is 7.16. The summed E-state index contributed by atoms with van der Waals surface area (Å²) in [5.41, 5.74) is -0.463. The third kappa shape index (κ3) is 2.69. The van der Waals surface area contributed by atoms with Crippen LogP contribution in [-0.4, -0.2) is 49.2 Å². The fourth-order valence-electron chi connectivity index (χ4n) is 3.60. The van der Waals surface area contributed by atoms with Gasteiger partial charge < -0.3 is 15.0 Å². The molecule has 104 valence electrons. The number of esters is 1. The van der Waals surface area contributed by atoms with Gasteiger partial charge in [0.2, 0.25) is 0 Å². The molecular formula is C14H26N2O2. The highest BCUT2D eigenvalue weighted by atomic mass is 16.5. The number of hydrogen-bond acceptors (Lipinski definition) is 4. The molecule has 4 nitrogen and oxygen atoms in total. The van der Waals surface area contributed by atoms with E-state index in [0.717, 1.165) is 25.6 Å². The summed E-state index contributed by atoms with van der Waals surface area (Å²) in [7, 11) is 1.47. The molecule has 18 heavy (non-hydrogen) atoms. The van der Waals surface area contributed by atoms with Crippen LogP contribution in [0.1, 0.15) is 39.5 Å². The summed E-state index contributed by atoms with van der Waals surface area (Å²) in [5, 5.41) is 3.35. The highest BCUT2D eigenvalue weighted by Gasteiger charge is 2.42. The van der Waals surface area contributed by atoms with Gasteiger partial charge in [-0.2, -0.15) is 0 Å². The van der Waals surface area contributed by atoms with Crippen LogP contribution in [0.2, 0.25) is 0 Å². The van der Waals surface area contributed by atoms with E-state index in [0.29, 0.717) is 5.92 Å². The zero-order chi connectivity index (χ0) is 13.2. The minimum absolute atomic E-state index is 0.122. The van der Waals surface area contributed by atoms with Gasteiger partial charge in [-0.05, 0) is 58.2 Å². The molecular weight excluding hydrogens is 228 g/mol. The van der Waals surface area contributed by atoms with Crippen molar-refractivity contribution < 1.29 is 9.53 Å². The van der Waals surface area contributed by atoms with Crippen molar-refractivity contribution in [2.24, 2.45) is 5.92 Å². The molecule has 0 amide bonds. The predicted octanol–water partition coefficient (Wildman–Crippen LogP) is 1.40. The molecule has 3 unspecified atom stereocenters. The summed E-state index contributed by atoms with van der Waals surface area (Å²) in [5.74, 6) is 0.481. The van der Waals surface area contributed by atoms with Crippen molar-refractivity contribution in [2.45, 2.75) is 51.1 Å². The molecule has 0 saturated carbocycles. The van der Waals surface area contributed by atoms with E-state index in [-0.39, 0.29) is 5.97 Å². The molecule has 0 radical (unpaired) electrons. The monoisotopic (exact) mass is 254 g/mol. The standard InChI is InChI=1S/C14H26N2O2/c1-4-16-7-5-6-12(16)8-11-9-14(2,15-10-11)13(17)18-3/h11-12,15H,4-10H2,1-3H3. The lowest BCUT2D eigenvalue weighted by Crippen LogP contribution is -2.45. The lowest BCUT2D eigenvalue weighted by atomic mass is 9.90. The fourth-order valence-corrected chi connectivity index (χ4v) is 3.60. The average molecular weight is 254 g/mol. The largest absolute Gasteiger partial charge is 0.468 e. The van der Waals surface area contributed by atoms with Crippen molar-refractivity contribution in [3.63, 3.8) is 0 Å². The molecule has 2 aliphatic rings. The average Bonchev–Trinajstić information content (AvgIpc) is 2.96. The van der Waals surface area contributed by atoms with E-state index in [1.165, 1.54) is 32.9 Å². The number of nitrogens with one attached hydrogen (secondary N) is 1. The number of rotatable bonds is 4. The summed E-state index contributed by atoms with van der Waals surface area (Å²) in [4.78, 5) is 14.3. The molecule has 2 aliphatic heterocycles. The molecule has 0 aromatic rings. The van der Waals surface area contributed by atoms with Crippen LogP contribution in [0, 0.1) is 5.92 Å². The van der Waals surface area contributed by atoms with Gasteiger partial charge in [-0.15, -0.1) is 0 Å². The SMILES string of the molecule is CCN1CCCC1CC1CNC(C)(C(=O)OC)C1. The number of carbonyl (C=O) groups is 1. The lowest BCUT2D eigenvalue weighted by molar-refractivity contribution is -0.147. The Hall–Kier alpha value is -0.610. The molecule has 4 heteroatoms. The van der Waals surface area contributed by atoms with Crippen LogP contribution in [0.5, 0.6) is 0 Å². The Bertz CT molecular complexity index is 308. The molecule has 2 saturated heterocycles. The third-order valence-corrected chi connectivity index (χ3v) is 4.62. The van der Waals surface area contributed by atoms with Crippen molar-refractivity contribution in [3.05, 3.63) is 0 Å². The number of hydrogen-bond donors (Lipinski definition) is 1. The van der Waals surface area contributed by atoms with Gasteiger partial charge in [0.15, 0.2) is 0 Å². The van der Waals surface area contributed by atoms with Crippen molar-refractivity contribution in [3.8, 4) is 0 Å². The Kier molecular flexibility index (Phi) is 4.28. The van der Waals surface area contributed by atoms with Crippen LogP contribution >= 0.6 is 0 Å². The summed E-state index contributed by atoms with van der Waals surface area (Å²) >= 11 is 0. The minimum Gasteiger partial charge on any atom is -0.468 e. The van der Waals surface area contributed by atoms with Gasteiger partial charge in [-0.25, -0.2) is 0 Å². The Morgan fingerprint density at radius 3 is 3.00 bits per heavy atom. The Balaban J connectivity index is 1.87. The van der Waals surface area contributed by atoms with Crippen LogP contribution in [0.4, 0.5) is 0 Å². The van der Waals surface area contributed by atoms with Crippen LogP contribution in [0.15, 0.2) is 0 Å². The fraction of sp³-hybridized carbons (Fsp3) is 0.929. The first-order valence-corrected chi connectivity index (χ1v) is 7.16. The number of likely N-dealkylation sites (tertiary alicyclic amines) is 1. The summed E-state index contributed by atoms with van der Waals surface area (Å²) in [6.07, 6.45) is 4.77.